The van der Waals surface area contributed by atoms with Crippen LogP contribution in [-0.4, -0.2) is 34.8 Å². The number of carbonyl (C=O) groups excluding carboxylic acids is 2. The van der Waals surface area contributed by atoms with Gasteiger partial charge < -0.3 is 9.47 Å². The minimum atomic E-state index is -0.694. The summed E-state index contributed by atoms with van der Waals surface area (Å²) in [5.41, 5.74) is 0.326. The van der Waals surface area contributed by atoms with Gasteiger partial charge in [-0.25, -0.2) is 14.5 Å². The number of cyclic esters (lactones) is 1. The highest BCUT2D eigenvalue weighted by molar-refractivity contribution is 5.90. The molecule has 0 aliphatic carbocycles. The maximum Gasteiger partial charge on any atom is 0.420 e. The summed E-state index contributed by atoms with van der Waals surface area (Å²) in [5.74, 6) is 0. The second kappa shape index (κ2) is 6.22. The molecule has 22 heavy (non-hydrogen) atoms. The van der Waals surface area contributed by atoms with Gasteiger partial charge >= 0.3 is 12.2 Å². The van der Waals surface area contributed by atoms with Crippen LogP contribution in [0.1, 0.15) is 26.3 Å². The van der Waals surface area contributed by atoms with Crippen molar-refractivity contribution in [2.75, 3.05) is 0 Å². The molecule has 0 N–H and O–H groups in total. The molecule has 0 bridgehead atoms. The fourth-order valence-corrected chi connectivity index (χ4v) is 2.32. The van der Waals surface area contributed by atoms with Gasteiger partial charge in [0.25, 0.3) is 0 Å². The van der Waals surface area contributed by atoms with E-state index in [2.05, 4.69) is 6.58 Å². The van der Waals surface area contributed by atoms with Crippen molar-refractivity contribution in [3.63, 3.8) is 0 Å². The van der Waals surface area contributed by atoms with Crippen LogP contribution in [-0.2, 0) is 15.9 Å². The predicted molar refractivity (Wildman–Crippen MR) is 82.5 cm³/mol. The van der Waals surface area contributed by atoms with Gasteiger partial charge in [-0.3, -0.25) is 0 Å². The van der Waals surface area contributed by atoms with E-state index < -0.39 is 29.9 Å². The molecule has 0 spiro atoms. The maximum absolute atomic E-state index is 12.3. The number of amides is 2. The van der Waals surface area contributed by atoms with Crippen molar-refractivity contribution in [3.8, 4) is 0 Å². The molecule has 0 radical (unpaired) electrons. The Morgan fingerprint density at radius 1 is 1.36 bits per heavy atom. The molecule has 0 aromatic heterocycles. The normalized spacial score (nSPS) is 21.4. The lowest BCUT2D eigenvalue weighted by Gasteiger charge is -2.26. The minimum absolute atomic E-state index is 0.456. The fourth-order valence-electron chi connectivity index (χ4n) is 2.32. The standard InChI is InChI=1S/C17H21NO4/c1-5-14-13(11-12-9-7-6-8-10-12)18(15(19)21-14)16(20)22-17(2,3)4/h5-10,13-14H,1,11H2,2-4H3/t13-,14-/m0/s1. The lowest BCUT2D eigenvalue weighted by molar-refractivity contribution is 0.0289. The third-order valence-corrected chi connectivity index (χ3v) is 3.25. The molecule has 2 amide bonds. The van der Waals surface area contributed by atoms with Gasteiger partial charge in [0.2, 0.25) is 0 Å². The van der Waals surface area contributed by atoms with Crippen molar-refractivity contribution in [2.24, 2.45) is 0 Å². The van der Waals surface area contributed by atoms with Crippen molar-refractivity contribution < 1.29 is 19.1 Å². The van der Waals surface area contributed by atoms with Gasteiger partial charge in [-0.15, -0.1) is 0 Å². The molecule has 0 saturated carbocycles. The van der Waals surface area contributed by atoms with Crippen LogP contribution in [0.2, 0.25) is 0 Å². The molecule has 1 aromatic carbocycles. The molecular weight excluding hydrogens is 282 g/mol. The van der Waals surface area contributed by atoms with Gasteiger partial charge in [0, 0.05) is 0 Å². The maximum atomic E-state index is 12.3. The number of hydrogen-bond acceptors (Lipinski definition) is 4. The predicted octanol–water partition coefficient (Wildman–Crippen LogP) is 3.54. The van der Waals surface area contributed by atoms with E-state index in [0.29, 0.717) is 6.42 Å². The van der Waals surface area contributed by atoms with Crippen molar-refractivity contribution in [2.45, 2.75) is 44.9 Å². The summed E-state index contributed by atoms with van der Waals surface area (Å²) < 4.78 is 10.5. The molecule has 1 aromatic rings. The number of carbonyl (C=O) groups is 2. The van der Waals surface area contributed by atoms with E-state index >= 15 is 0 Å². The third-order valence-electron chi connectivity index (χ3n) is 3.25. The van der Waals surface area contributed by atoms with Crippen LogP contribution in [0.4, 0.5) is 9.59 Å². The lowest BCUT2D eigenvalue weighted by Crippen LogP contribution is -2.44. The second-order valence-corrected chi connectivity index (χ2v) is 6.19. The highest BCUT2D eigenvalue weighted by Crippen LogP contribution is 2.26. The summed E-state index contributed by atoms with van der Waals surface area (Å²) in [4.78, 5) is 25.4. The molecule has 118 valence electrons. The number of ether oxygens (including phenoxy) is 2. The van der Waals surface area contributed by atoms with Crippen LogP contribution in [0.5, 0.6) is 0 Å². The summed E-state index contributed by atoms with van der Waals surface area (Å²) in [5, 5.41) is 0. The summed E-state index contributed by atoms with van der Waals surface area (Å²) in [6.45, 7) is 8.94. The Kier molecular flexibility index (Phi) is 4.54. The van der Waals surface area contributed by atoms with Crippen LogP contribution in [0, 0.1) is 0 Å². The van der Waals surface area contributed by atoms with E-state index in [1.54, 1.807) is 20.8 Å². The first kappa shape index (κ1) is 16.1. The molecule has 5 nitrogen and oxygen atoms in total. The van der Waals surface area contributed by atoms with E-state index in [-0.39, 0.29) is 0 Å². The first-order valence-corrected chi connectivity index (χ1v) is 7.21. The summed E-state index contributed by atoms with van der Waals surface area (Å²) in [6.07, 6.45) is 0.0985. The van der Waals surface area contributed by atoms with Crippen LogP contribution in [0.25, 0.3) is 0 Å². The van der Waals surface area contributed by atoms with Gasteiger partial charge in [0.05, 0.1) is 6.04 Å². The molecule has 1 heterocycles. The molecule has 2 rings (SSSR count). The zero-order chi connectivity index (χ0) is 16.3. The topological polar surface area (TPSA) is 55.8 Å². The Hall–Kier alpha value is -2.30. The molecule has 1 aliphatic rings. The number of hydrogen-bond donors (Lipinski definition) is 0. The molecule has 5 heteroatoms. The van der Waals surface area contributed by atoms with E-state index in [1.165, 1.54) is 6.08 Å². The van der Waals surface area contributed by atoms with Crippen molar-refractivity contribution in [1.29, 1.82) is 0 Å². The number of benzene rings is 1. The smallest absolute Gasteiger partial charge is 0.420 e. The number of nitrogens with zero attached hydrogens (tertiary/aromatic N) is 1. The van der Waals surface area contributed by atoms with E-state index in [0.717, 1.165) is 10.5 Å². The average Bonchev–Trinajstić information content (AvgIpc) is 2.74. The largest absolute Gasteiger partial charge is 0.443 e. The number of rotatable bonds is 3. The Labute approximate surface area is 130 Å². The van der Waals surface area contributed by atoms with Crippen molar-refractivity contribution >= 4 is 12.2 Å². The van der Waals surface area contributed by atoms with Crippen molar-refractivity contribution in [3.05, 3.63) is 48.6 Å². The highest BCUT2D eigenvalue weighted by Gasteiger charge is 2.45. The van der Waals surface area contributed by atoms with Crippen molar-refractivity contribution in [1.82, 2.24) is 4.90 Å². The third kappa shape index (κ3) is 3.67. The van der Waals surface area contributed by atoms with E-state index in [9.17, 15) is 9.59 Å². The summed E-state index contributed by atoms with van der Waals surface area (Å²) >= 11 is 0. The fraction of sp³-hybridized carbons (Fsp3) is 0.412. The van der Waals surface area contributed by atoms with Gasteiger partial charge in [-0.1, -0.05) is 36.9 Å². The summed E-state index contributed by atoms with van der Waals surface area (Å²) in [6, 6.07) is 9.16. The Bertz CT molecular complexity index is 562. The average molecular weight is 303 g/mol. The zero-order valence-electron chi connectivity index (χ0n) is 13.1. The molecule has 0 unspecified atom stereocenters. The molecule has 1 aliphatic heterocycles. The Morgan fingerprint density at radius 3 is 2.55 bits per heavy atom. The van der Waals surface area contributed by atoms with E-state index in [1.807, 2.05) is 30.3 Å². The summed E-state index contributed by atoms with van der Waals surface area (Å²) in [7, 11) is 0. The molecule has 1 fully saturated rings. The van der Waals surface area contributed by atoms with Crippen LogP contribution in [0.3, 0.4) is 0 Å². The quantitative estimate of drug-likeness (QED) is 0.801. The van der Waals surface area contributed by atoms with Crippen LogP contribution >= 0.6 is 0 Å². The lowest BCUT2D eigenvalue weighted by atomic mass is 10.0. The Morgan fingerprint density at radius 2 is 2.00 bits per heavy atom. The van der Waals surface area contributed by atoms with Crippen LogP contribution < -0.4 is 0 Å². The number of imide groups is 1. The van der Waals surface area contributed by atoms with E-state index in [4.69, 9.17) is 9.47 Å². The van der Waals surface area contributed by atoms with Crippen LogP contribution in [0.15, 0.2) is 43.0 Å². The second-order valence-electron chi connectivity index (χ2n) is 6.19. The zero-order valence-corrected chi connectivity index (χ0v) is 13.1. The first-order valence-electron chi connectivity index (χ1n) is 7.21. The molecule has 2 atom stereocenters. The van der Waals surface area contributed by atoms with Gasteiger partial charge in [0.15, 0.2) is 0 Å². The molecule has 1 saturated heterocycles. The van der Waals surface area contributed by atoms with Gasteiger partial charge in [-0.05, 0) is 38.8 Å². The first-order chi connectivity index (χ1) is 10.3. The Balaban J connectivity index is 2.23. The monoisotopic (exact) mass is 303 g/mol. The molecular formula is C17H21NO4. The van der Waals surface area contributed by atoms with Gasteiger partial charge in [-0.2, -0.15) is 0 Å². The minimum Gasteiger partial charge on any atom is -0.443 e. The van der Waals surface area contributed by atoms with Gasteiger partial charge in [0.1, 0.15) is 11.7 Å². The SMILES string of the molecule is C=C[C@@H]1OC(=O)N(C(=O)OC(C)(C)C)[C@H]1Cc1ccccc1. The highest BCUT2D eigenvalue weighted by atomic mass is 16.6.